The van der Waals surface area contributed by atoms with Crippen LogP contribution in [0, 0.1) is 5.92 Å². The van der Waals surface area contributed by atoms with Crippen LogP contribution >= 0.6 is 34.9 Å². The van der Waals surface area contributed by atoms with E-state index in [0.717, 1.165) is 26.0 Å². The van der Waals surface area contributed by atoms with Crippen molar-refractivity contribution in [2.75, 3.05) is 48.3 Å². The summed E-state index contributed by atoms with van der Waals surface area (Å²) in [5.41, 5.74) is 3.11. The summed E-state index contributed by atoms with van der Waals surface area (Å²) in [5.74, 6) is 3.91. The second-order valence-corrected chi connectivity index (χ2v) is 14.3. The number of thiophene rings is 1. The summed E-state index contributed by atoms with van der Waals surface area (Å²) in [6, 6.07) is 15.0. The molecule has 0 unspecified atom stereocenters. The van der Waals surface area contributed by atoms with E-state index in [-0.39, 0.29) is 36.7 Å². The third-order valence-corrected chi connectivity index (χ3v) is 11.2. The highest BCUT2D eigenvalue weighted by atomic mass is 32.2. The van der Waals surface area contributed by atoms with Gasteiger partial charge < -0.3 is 19.8 Å². The molecule has 0 aliphatic carbocycles. The van der Waals surface area contributed by atoms with Crippen molar-refractivity contribution in [3.63, 3.8) is 0 Å². The number of nitrogens with two attached hydrogens (primary N) is 1. The van der Waals surface area contributed by atoms with Gasteiger partial charge in [0.05, 0.1) is 28.4 Å². The molecule has 6 rings (SSSR count). The van der Waals surface area contributed by atoms with Crippen LogP contribution in [-0.2, 0) is 25.5 Å². The first-order valence-corrected chi connectivity index (χ1v) is 16.8. The van der Waals surface area contributed by atoms with Crippen LogP contribution in [0.2, 0.25) is 0 Å². The number of amides is 2. The lowest BCUT2D eigenvalue weighted by Gasteiger charge is -2.49. The molecule has 1 saturated heterocycles. The van der Waals surface area contributed by atoms with E-state index >= 15 is 0 Å². The van der Waals surface area contributed by atoms with Gasteiger partial charge in [0.1, 0.15) is 18.1 Å². The van der Waals surface area contributed by atoms with E-state index in [9.17, 15) is 24.3 Å². The largest absolute Gasteiger partial charge is 0.477 e. The van der Waals surface area contributed by atoms with Gasteiger partial charge in [-0.3, -0.25) is 14.5 Å². The Morgan fingerprint density at radius 2 is 1.73 bits per heavy atom. The predicted molar refractivity (Wildman–Crippen MR) is 176 cm³/mol. The van der Waals surface area contributed by atoms with Crippen molar-refractivity contribution in [1.29, 1.82) is 0 Å². The van der Waals surface area contributed by atoms with Gasteiger partial charge in [-0.2, -0.15) is 0 Å². The molecule has 1 fully saturated rings. The lowest BCUT2D eigenvalue weighted by molar-refractivity contribution is -0.154. The number of anilines is 4. The Bertz CT molecular complexity index is 1670. The van der Waals surface area contributed by atoms with Crippen LogP contribution < -0.4 is 20.7 Å². The highest BCUT2D eigenvalue weighted by Crippen LogP contribution is 2.51. The molecule has 0 bridgehead atoms. The number of carboxylic acid groups (broad SMARTS) is 1. The van der Waals surface area contributed by atoms with Gasteiger partial charge in [0.2, 0.25) is 5.91 Å². The lowest BCUT2D eigenvalue weighted by atomic mass is 9.89. The fourth-order valence-electron chi connectivity index (χ4n) is 5.55. The Morgan fingerprint density at radius 3 is 2.36 bits per heavy atom. The number of benzene rings is 2. The third kappa shape index (κ3) is 5.90. The average molecular weight is 666 g/mol. The van der Waals surface area contributed by atoms with Crippen LogP contribution in [0.3, 0.4) is 0 Å². The van der Waals surface area contributed by atoms with Crippen LogP contribution in [0.4, 0.5) is 27.5 Å². The SMILES string of the molecule is CN(C)c1ccc2c(c1)Sc1cc(N(C)N)ccc1N2C(=O)OCC1=C(C(=O)O)N2C(=O)[C@@H](CC(=O)Cc3cccs3)[C@H]2SC1. The Morgan fingerprint density at radius 1 is 1.04 bits per heavy atom. The number of aliphatic carboxylic acids is 1. The predicted octanol–water partition coefficient (Wildman–Crippen LogP) is 4.94. The van der Waals surface area contributed by atoms with Crippen molar-refractivity contribution in [3.8, 4) is 0 Å². The van der Waals surface area contributed by atoms with Gasteiger partial charge in [-0.25, -0.2) is 20.3 Å². The molecule has 14 heteroatoms. The molecule has 0 radical (unpaired) electrons. The van der Waals surface area contributed by atoms with Crippen LogP contribution in [-0.4, -0.2) is 72.6 Å². The molecular formula is C31H31N5O6S3. The number of hydrogen-bond donors (Lipinski definition) is 2. The quantitative estimate of drug-likeness (QED) is 0.183. The van der Waals surface area contributed by atoms with E-state index in [1.807, 2.05) is 60.8 Å². The van der Waals surface area contributed by atoms with Crippen molar-refractivity contribution in [3.05, 3.63) is 70.1 Å². The summed E-state index contributed by atoms with van der Waals surface area (Å²) in [4.78, 5) is 59.2. The zero-order valence-electron chi connectivity index (χ0n) is 24.8. The number of ether oxygens (including phenoxy) is 1. The number of fused-ring (bicyclic) bond motifs is 3. The maximum Gasteiger partial charge on any atom is 0.419 e. The van der Waals surface area contributed by atoms with E-state index in [1.165, 1.54) is 49.7 Å². The monoisotopic (exact) mass is 665 g/mol. The van der Waals surface area contributed by atoms with Gasteiger partial charge in [-0.15, -0.1) is 23.1 Å². The summed E-state index contributed by atoms with van der Waals surface area (Å²) in [5, 5.41) is 13.0. The first-order chi connectivity index (χ1) is 21.5. The van der Waals surface area contributed by atoms with Crippen LogP contribution in [0.1, 0.15) is 11.3 Å². The van der Waals surface area contributed by atoms with E-state index in [1.54, 1.807) is 19.2 Å². The molecule has 11 nitrogen and oxygen atoms in total. The molecule has 0 saturated carbocycles. The Kier molecular flexibility index (Phi) is 8.57. The number of Topliss-reactive ketones (excluding diaryl/α,β-unsaturated/α-hetero) is 1. The van der Waals surface area contributed by atoms with Gasteiger partial charge in [0.25, 0.3) is 0 Å². The minimum absolute atomic E-state index is 0.0557. The highest BCUT2D eigenvalue weighted by Gasteiger charge is 2.53. The van der Waals surface area contributed by atoms with Gasteiger partial charge in [0.15, 0.2) is 0 Å². The second kappa shape index (κ2) is 12.4. The molecule has 2 amide bonds. The number of β-lactam (4-membered cyclic amide) rings is 1. The fourth-order valence-corrected chi connectivity index (χ4v) is 8.80. The maximum absolute atomic E-state index is 13.8. The number of hydrazine groups is 1. The molecule has 234 valence electrons. The van der Waals surface area contributed by atoms with Crippen LogP contribution in [0.5, 0.6) is 0 Å². The number of hydrogen-bond acceptors (Lipinski definition) is 11. The molecule has 4 heterocycles. The van der Waals surface area contributed by atoms with Crippen molar-refractivity contribution in [2.45, 2.75) is 28.0 Å². The molecule has 3 aliphatic rings. The number of ketones is 1. The molecule has 3 aromatic rings. The zero-order valence-corrected chi connectivity index (χ0v) is 27.2. The minimum atomic E-state index is -1.28. The average Bonchev–Trinajstić information content (AvgIpc) is 3.52. The summed E-state index contributed by atoms with van der Waals surface area (Å²) < 4.78 is 5.77. The normalized spacial score (nSPS) is 18.4. The van der Waals surface area contributed by atoms with E-state index < -0.39 is 29.3 Å². The van der Waals surface area contributed by atoms with Crippen LogP contribution in [0.15, 0.2) is 75.0 Å². The minimum Gasteiger partial charge on any atom is -0.477 e. The summed E-state index contributed by atoms with van der Waals surface area (Å²) >= 11 is 4.38. The lowest BCUT2D eigenvalue weighted by Crippen LogP contribution is -2.62. The van der Waals surface area contributed by atoms with Crippen molar-refractivity contribution in [1.82, 2.24) is 4.90 Å². The topological polar surface area (TPSA) is 137 Å². The van der Waals surface area contributed by atoms with Crippen LogP contribution in [0.25, 0.3) is 0 Å². The number of rotatable bonds is 9. The summed E-state index contributed by atoms with van der Waals surface area (Å²) in [6.07, 6.45) is -0.366. The number of carbonyl (C=O) groups is 4. The first kappa shape index (κ1) is 31.0. The summed E-state index contributed by atoms with van der Waals surface area (Å²) in [6.45, 7) is -0.306. The van der Waals surface area contributed by atoms with Gasteiger partial charge in [-0.05, 0) is 47.8 Å². The highest BCUT2D eigenvalue weighted by molar-refractivity contribution is 8.00. The molecule has 2 atom stereocenters. The Labute approximate surface area is 272 Å². The number of nitrogens with zero attached hydrogens (tertiary/aromatic N) is 4. The fraction of sp³-hybridized carbons (Fsp3) is 0.290. The van der Waals surface area contributed by atoms with E-state index in [2.05, 4.69) is 0 Å². The van der Waals surface area contributed by atoms with Crippen molar-refractivity contribution >= 4 is 81.4 Å². The molecule has 1 aromatic heterocycles. The number of thioether (sulfide) groups is 1. The standard InChI is InChI=1S/C31H31N5O6S3/c1-33(2)18-6-8-23-25(11-18)45-26-12-19(34(3)32)7-9-24(26)35(23)31(41)42-15-17-16-44-29-22(28(38)36(29)27(17)30(39)40)14-20(37)13-21-5-4-10-43-21/h4-12,22,29H,13-16,32H2,1-3H3,(H,39,40)/t22-,29-/m1/s1. The van der Waals surface area contributed by atoms with Gasteiger partial charge in [0, 0.05) is 65.7 Å². The third-order valence-electron chi connectivity index (χ3n) is 7.82. The molecule has 2 aromatic carbocycles. The van der Waals surface area contributed by atoms with E-state index in [0.29, 0.717) is 16.9 Å². The maximum atomic E-state index is 13.8. The van der Waals surface area contributed by atoms with Gasteiger partial charge >= 0.3 is 12.1 Å². The molecule has 0 spiro atoms. The van der Waals surface area contributed by atoms with Gasteiger partial charge in [-0.1, -0.05) is 17.8 Å². The Balaban J connectivity index is 1.22. The Hall–Kier alpha value is -3.98. The molecule has 3 aliphatic heterocycles. The molecule has 45 heavy (non-hydrogen) atoms. The summed E-state index contributed by atoms with van der Waals surface area (Å²) in [7, 11) is 5.60. The first-order valence-electron chi connectivity index (χ1n) is 14.1. The second-order valence-electron chi connectivity index (χ2n) is 11.1. The number of carboxylic acids is 1. The smallest absolute Gasteiger partial charge is 0.419 e. The molecule has 3 N–H and O–H groups in total. The van der Waals surface area contributed by atoms with Crippen molar-refractivity contribution < 1.29 is 29.0 Å². The zero-order chi connectivity index (χ0) is 32.0. The van der Waals surface area contributed by atoms with Crippen molar-refractivity contribution in [2.24, 2.45) is 11.8 Å². The molecular weight excluding hydrogens is 635 g/mol. The number of carbonyl (C=O) groups excluding carboxylic acids is 3. The van der Waals surface area contributed by atoms with E-state index in [4.69, 9.17) is 10.6 Å².